The molecule has 144 valence electrons. The fraction of sp³-hybridized carbons (Fsp3) is 0.542. The molecule has 3 atom stereocenters. The topological polar surface area (TPSA) is 12.4 Å². The third-order valence-electron chi connectivity index (χ3n) is 7.15. The largest absolute Gasteiger partial charge is 0.249 e. The zero-order valence-corrected chi connectivity index (χ0v) is 17.9. The van der Waals surface area contributed by atoms with Gasteiger partial charge < -0.3 is 0 Å². The first kappa shape index (κ1) is 22.3. The summed E-state index contributed by atoms with van der Waals surface area (Å²) in [5.41, 5.74) is 0.0248. The molecule has 0 heterocycles. The van der Waals surface area contributed by atoms with Crippen molar-refractivity contribution in [1.82, 2.24) is 0 Å². The van der Waals surface area contributed by atoms with Crippen molar-refractivity contribution in [2.45, 2.75) is 67.3 Å². The molecule has 0 spiro atoms. The summed E-state index contributed by atoms with van der Waals surface area (Å²) in [6, 6.07) is 0. The molecule has 3 unspecified atom stereocenters. The van der Waals surface area contributed by atoms with E-state index in [1.165, 1.54) is 5.57 Å². The average Bonchev–Trinajstić information content (AvgIpc) is 2.62. The highest BCUT2D eigenvalue weighted by atomic mass is 19.1. The Balaban J connectivity index is 3.39. The van der Waals surface area contributed by atoms with E-state index in [1.807, 2.05) is 59.8 Å². The second-order valence-electron chi connectivity index (χ2n) is 8.49. The third kappa shape index (κ3) is 3.31. The minimum absolute atomic E-state index is 0.252. The molecule has 0 aromatic rings. The van der Waals surface area contributed by atoms with Crippen molar-refractivity contribution in [3.8, 4) is 0 Å². The second kappa shape index (κ2) is 7.50. The molecule has 0 saturated heterocycles. The molecule has 0 aliphatic heterocycles. The monoisotopic (exact) mass is 357 g/mol. The van der Waals surface area contributed by atoms with Gasteiger partial charge in [-0.1, -0.05) is 82.9 Å². The number of hydrogen-bond donors (Lipinski definition) is 0. The number of aliphatic imine (C=N–C) groups is 1. The van der Waals surface area contributed by atoms with Crippen molar-refractivity contribution in [2.75, 3.05) is 0 Å². The van der Waals surface area contributed by atoms with Crippen LogP contribution in [0.4, 0.5) is 4.39 Å². The van der Waals surface area contributed by atoms with E-state index < -0.39 is 16.4 Å². The first-order chi connectivity index (χ1) is 11.9. The Morgan fingerprint density at radius 3 is 2.19 bits per heavy atom. The van der Waals surface area contributed by atoms with Crippen LogP contribution >= 0.6 is 0 Å². The molecule has 0 aromatic carbocycles. The Hall–Kier alpha value is -1.70. The van der Waals surface area contributed by atoms with Crippen molar-refractivity contribution in [2.24, 2.45) is 21.2 Å². The standard InChI is InChI=1S/C24H36FN/c1-11-14-15-19(5)21(6,7)22(8,13-3)20(25)26-24(10)17-16-23(24,9)18(4)12-2/h11-12,14-17H,1,5,13H2,2-4,6-10H3/b15-14-,18-12+,26-20-. The summed E-state index contributed by atoms with van der Waals surface area (Å²) in [7, 11) is 0. The lowest BCUT2D eigenvalue weighted by molar-refractivity contribution is 0.190. The number of nitrogens with zero attached hydrogens (tertiary/aromatic N) is 1. The van der Waals surface area contributed by atoms with Crippen molar-refractivity contribution >= 4 is 5.97 Å². The van der Waals surface area contributed by atoms with Gasteiger partial charge in [0.05, 0.1) is 5.54 Å². The van der Waals surface area contributed by atoms with Crippen molar-refractivity contribution in [3.05, 3.63) is 60.8 Å². The van der Waals surface area contributed by atoms with E-state index >= 15 is 4.39 Å². The van der Waals surface area contributed by atoms with E-state index in [0.717, 1.165) is 5.57 Å². The minimum Gasteiger partial charge on any atom is -0.249 e. The van der Waals surface area contributed by atoms with Crippen molar-refractivity contribution in [3.63, 3.8) is 0 Å². The summed E-state index contributed by atoms with van der Waals surface area (Å²) in [5.74, 6) is -0.305. The lowest BCUT2D eigenvalue weighted by Crippen LogP contribution is -2.49. The molecule has 0 radical (unpaired) electrons. The number of hydrogen-bond acceptors (Lipinski definition) is 1. The third-order valence-corrected chi connectivity index (χ3v) is 7.15. The van der Waals surface area contributed by atoms with Gasteiger partial charge in [0.15, 0.2) is 5.97 Å². The van der Waals surface area contributed by atoms with Gasteiger partial charge in [0.1, 0.15) is 0 Å². The summed E-state index contributed by atoms with van der Waals surface area (Å²) in [4.78, 5) is 4.65. The van der Waals surface area contributed by atoms with Gasteiger partial charge in [-0.3, -0.25) is 0 Å². The van der Waals surface area contributed by atoms with Crippen LogP contribution in [0.5, 0.6) is 0 Å². The van der Waals surface area contributed by atoms with Gasteiger partial charge in [0, 0.05) is 16.2 Å². The summed E-state index contributed by atoms with van der Waals surface area (Å²) >= 11 is 0. The van der Waals surface area contributed by atoms with Gasteiger partial charge >= 0.3 is 0 Å². The maximum atomic E-state index is 15.7. The van der Waals surface area contributed by atoms with Crippen LogP contribution in [0.2, 0.25) is 0 Å². The van der Waals surface area contributed by atoms with E-state index in [1.54, 1.807) is 6.08 Å². The van der Waals surface area contributed by atoms with Crippen LogP contribution in [0.25, 0.3) is 0 Å². The van der Waals surface area contributed by atoms with Crippen molar-refractivity contribution in [1.29, 1.82) is 0 Å². The highest BCUT2D eigenvalue weighted by molar-refractivity contribution is 5.84. The molecule has 1 rings (SSSR count). The second-order valence-corrected chi connectivity index (χ2v) is 8.49. The predicted octanol–water partition coefficient (Wildman–Crippen LogP) is 7.40. The summed E-state index contributed by atoms with van der Waals surface area (Å²) in [6.07, 6.45) is 12.3. The quantitative estimate of drug-likeness (QED) is 0.244. The Kier molecular flexibility index (Phi) is 6.45. The highest BCUT2D eigenvalue weighted by Gasteiger charge is 2.52. The molecule has 0 bridgehead atoms. The number of halogens is 1. The van der Waals surface area contributed by atoms with E-state index in [2.05, 4.69) is 44.1 Å². The van der Waals surface area contributed by atoms with Crippen LogP contribution in [0, 0.1) is 16.2 Å². The Morgan fingerprint density at radius 2 is 1.81 bits per heavy atom. The SMILES string of the molecule is C=C/C=C\C(=C)C(C)(C)C(C)(CC)/C(F)=N/C1(C)C=CC1(C)/C(C)=C/C. The van der Waals surface area contributed by atoms with Gasteiger partial charge in [0.25, 0.3) is 0 Å². The zero-order valence-electron chi connectivity index (χ0n) is 17.9. The van der Waals surface area contributed by atoms with Gasteiger partial charge in [-0.15, -0.1) is 0 Å². The Morgan fingerprint density at radius 1 is 1.23 bits per heavy atom. The van der Waals surface area contributed by atoms with Crippen molar-refractivity contribution < 1.29 is 4.39 Å². The fourth-order valence-electron chi connectivity index (χ4n) is 3.48. The zero-order chi connectivity index (χ0) is 20.4. The van der Waals surface area contributed by atoms with E-state index in [-0.39, 0.29) is 11.4 Å². The fourth-order valence-corrected chi connectivity index (χ4v) is 3.48. The highest BCUT2D eigenvalue weighted by Crippen LogP contribution is 2.53. The molecular formula is C24H36FN. The molecule has 0 aromatic heterocycles. The summed E-state index contributed by atoms with van der Waals surface area (Å²) in [6.45, 7) is 24.2. The molecule has 0 fully saturated rings. The van der Waals surface area contributed by atoms with Crippen LogP contribution in [0.3, 0.4) is 0 Å². The smallest absolute Gasteiger partial charge is 0.192 e. The van der Waals surface area contributed by atoms with Crippen LogP contribution < -0.4 is 0 Å². The van der Waals surface area contributed by atoms with Gasteiger partial charge in [-0.2, -0.15) is 4.39 Å². The molecule has 1 aliphatic carbocycles. The molecule has 0 N–H and O–H groups in total. The summed E-state index contributed by atoms with van der Waals surface area (Å²) < 4.78 is 15.7. The normalized spacial score (nSPS) is 29.4. The first-order valence-corrected chi connectivity index (χ1v) is 9.44. The molecule has 26 heavy (non-hydrogen) atoms. The molecule has 0 amide bonds. The molecule has 0 saturated carbocycles. The summed E-state index contributed by atoms with van der Waals surface area (Å²) in [5, 5.41) is 0. The maximum Gasteiger partial charge on any atom is 0.192 e. The first-order valence-electron chi connectivity index (χ1n) is 9.44. The van der Waals surface area contributed by atoms with Crippen LogP contribution in [0.1, 0.15) is 61.8 Å². The molecule has 1 nitrogen and oxygen atoms in total. The van der Waals surface area contributed by atoms with Crippen LogP contribution in [-0.4, -0.2) is 11.5 Å². The van der Waals surface area contributed by atoms with E-state index in [0.29, 0.717) is 6.42 Å². The van der Waals surface area contributed by atoms with Gasteiger partial charge in [0.2, 0.25) is 0 Å². The molecular weight excluding hydrogens is 321 g/mol. The Labute approximate surface area is 160 Å². The number of rotatable bonds is 8. The van der Waals surface area contributed by atoms with Crippen LogP contribution in [0.15, 0.2) is 65.8 Å². The predicted molar refractivity (Wildman–Crippen MR) is 114 cm³/mol. The lowest BCUT2D eigenvalue weighted by Gasteiger charge is -2.50. The van der Waals surface area contributed by atoms with E-state index in [9.17, 15) is 0 Å². The molecule has 1 aliphatic rings. The molecule has 2 heteroatoms. The van der Waals surface area contributed by atoms with Gasteiger partial charge in [-0.25, -0.2) is 4.99 Å². The van der Waals surface area contributed by atoms with Gasteiger partial charge in [-0.05, 0) is 39.7 Å². The average molecular weight is 358 g/mol. The maximum absolute atomic E-state index is 15.7. The van der Waals surface area contributed by atoms with Crippen LogP contribution in [-0.2, 0) is 0 Å². The van der Waals surface area contributed by atoms with E-state index in [4.69, 9.17) is 0 Å². The minimum atomic E-state index is -0.743. The Bertz CT molecular complexity index is 691. The lowest BCUT2D eigenvalue weighted by atomic mass is 9.58. The number of allylic oxidation sites excluding steroid dienone is 5.